The summed E-state index contributed by atoms with van der Waals surface area (Å²) in [5.74, 6) is 0.733. The standard InChI is InChI=1S/C13H23N3/c1-3-11(2)9-16-10-14-8-13(16)12-6-4-5-7-15-12/h8,10-12,15H,3-7,9H2,1-2H3. The molecule has 1 aromatic rings. The molecule has 2 atom stereocenters. The zero-order valence-corrected chi connectivity index (χ0v) is 10.4. The van der Waals surface area contributed by atoms with E-state index in [1.807, 2.05) is 12.5 Å². The fourth-order valence-electron chi connectivity index (χ4n) is 2.34. The second kappa shape index (κ2) is 5.48. The van der Waals surface area contributed by atoms with Crippen molar-refractivity contribution in [1.82, 2.24) is 14.9 Å². The predicted molar refractivity (Wildman–Crippen MR) is 66.3 cm³/mol. The molecule has 0 aromatic carbocycles. The Balaban J connectivity index is 2.05. The summed E-state index contributed by atoms with van der Waals surface area (Å²) in [4.78, 5) is 4.31. The smallest absolute Gasteiger partial charge is 0.0948 e. The first-order chi connectivity index (χ1) is 7.81. The summed E-state index contributed by atoms with van der Waals surface area (Å²) in [5, 5.41) is 3.59. The van der Waals surface area contributed by atoms with Crippen molar-refractivity contribution >= 4 is 0 Å². The van der Waals surface area contributed by atoms with E-state index >= 15 is 0 Å². The maximum atomic E-state index is 4.31. The van der Waals surface area contributed by atoms with Gasteiger partial charge in [-0.3, -0.25) is 0 Å². The zero-order chi connectivity index (χ0) is 11.4. The van der Waals surface area contributed by atoms with Crippen LogP contribution in [0.25, 0.3) is 0 Å². The average Bonchev–Trinajstić information content (AvgIpc) is 2.78. The van der Waals surface area contributed by atoms with Crippen LogP contribution in [0.1, 0.15) is 51.3 Å². The lowest BCUT2D eigenvalue weighted by atomic mass is 10.0. The molecular weight excluding hydrogens is 198 g/mol. The molecular formula is C13H23N3. The van der Waals surface area contributed by atoms with Gasteiger partial charge in [0.25, 0.3) is 0 Å². The molecule has 0 radical (unpaired) electrons. The minimum Gasteiger partial charge on any atom is -0.333 e. The molecule has 0 saturated carbocycles. The highest BCUT2D eigenvalue weighted by Crippen LogP contribution is 2.23. The molecule has 3 nitrogen and oxygen atoms in total. The van der Waals surface area contributed by atoms with Gasteiger partial charge in [-0.25, -0.2) is 4.98 Å². The lowest BCUT2D eigenvalue weighted by Crippen LogP contribution is -2.29. The molecule has 0 amide bonds. The molecule has 0 spiro atoms. The first-order valence-corrected chi connectivity index (χ1v) is 6.54. The van der Waals surface area contributed by atoms with Gasteiger partial charge < -0.3 is 9.88 Å². The second-order valence-corrected chi connectivity index (χ2v) is 4.99. The van der Waals surface area contributed by atoms with Crippen LogP contribution in [0, 0.1) is 5.92 Å². The Hall–Kier alpha value is -0.830. The lowest BCUT2D eigenvalue weighted by molar-refractivity contribution is 0.378. The number of aromatic nitrogens is 2. The van der Waals surface area contributed by atoms with Crippen LogP contribution in [0.4, 0.5) is 0 Å². The van der Waals surface area contributed by atoms with Crippen molar-refractivity contribution in [2.45, 2.75) is 52.1 Å². The van der Waals surface area contributed by atoms with Crippen molar-refractivity contribution in [2.75, 3.05) is 6.54 Å². The third-order valence-electron chi connectivity index (χ3n) is 3.62. The van der Waals surface area contributed by atoms with E-state index in [9.17, 15) is 0 Å². The fraction of sp³-hybridized carbons (Fsp3) is 0.769. The van der Waals surface area contributed by atoms with Gasteiger partial charge >= 0.3 is 0 Å². The summed E-state index contributed by atoms with van der Waals surface area (Å²) in [5.41, 5.74) is 1.38. The Kier molecular flexibility index (Phi) is 3.99. The molecule has 2 unspecified atom stereocenters. The van der Waals surface area contributed by atoms with Crippen LogP contribution >= 0.6 is 0 Å². The molecule has 1 fully saturated rings. The van der Waals surface area contributed by atoms with Crippen LogP contribution in [0.3, 0.4) is 0 Å². The van der Waals surface area contributed by atoms with E-state index in [0.717, 1.165) is 19.0 Å². The van der Waals surface area contributed by atoms with E-state index < -0.39 is 0 Å². The van der Waals surface area contributed by atoms with Crippen molar-refractivity contribution in [3.63, 3.8) is 0 Å². The first-order valence-electron chi connectivity index (χ1n) is 6.54. The van der Waals surface area contributed by atoms with Crippen LogP contribution in [0.5, 0.6) is 0 Å². The molecule has 1 aliphatic heterocycles. The number of piperidine rings is 1. The molecule has 0 bridgehead atoms. The molecule has 16 heavy (non-hydrogen) atoms. The maximum absolute atomic E-state index is 4.31. The van der Waals surface area contributed by atoms with Gasteiger partial charge in [0.05, 0.1) is 12.0 Å². The van der Waals surface area contributed by atoms with Gasteiger partial charge in [-0.1, -0.05) is 26.7 Å². The number of hydrogen-bond acceptors (Lipinski definition) is 2. The van der Waals surface area contributed by atoms with E-state index in [-0.39, 0.29) is 0 Å². The number of nitrogens with zero attached hydrogens (tertiary/aromatic N) is 2. The normalized spacial score (nSPS) is 23.2. The third-order valence-corrected chi connectivity index (χ3v) is 3.62. The van der Waals surface area contributed by atoms with Gasteiger partial charge in [-0.2, -0.15) is 0 Å². The van der Waals surface area contributed by atoms with Crippen LogP contribution < -0.4 is 5.32 Å². The highest BCUT2D eigenvalue weighted by atomic mass is 15.1. The van der Waals surface area contributed by atoms with E-state index in [4.69, 9.17) is 0 Å². The summed E-state index contributed by atoms with van der Waals surface area (Å²) in [6.07, 6.45) is 9.16. The molecule has 2 heterocycles. The quantitative estimate of drug-likeness (QED) is 0.847. The minimum absolute atomic E-state index is 0.528. The van der Waals surface area contributed by atoms with E-state index in [1.54, 1.807) is 0 Å². The Labute approximate surface area is 98.3 Å². The first kappa shape index (κ1) is 11.6. The van der Waals surface area contributed by atoms with Crippen LogP contribution in [-0.4, -0.2) is 16.1 Å². The Morgan fingerprint density at radius 1 is 1.56 bits per heavy atom. The van der Waals surface area contributed by atoms with Gasteiger partial charge in [0.2, 0.25) is 0 Å². The molecule has 1 aromatic heterocycles. The maximum Gasteiger partial charge on any atom is 0.0948 e. The topological polar surface area (TPSA) is 29.9 Å². The molecule has 1 N–H and O–H groups in total. The lowest BCUT2D eigenvalue weighted by Gasteiger charge is -2.25. The van der Waals surface area contributed by atoms with Gasteiger partial charge in [0, 0.05) is 18.8 Å². The summed E-state index contributed by atoms with van der Waals surface area (Å²) in [6, 6.07) is 0.528. The summed E-state index contributed by atoms with van der Waals surface area (Å²) in [7, 11) is 0. The number of nitrogens with one attached hydrogen (secondary N) is 1. The van der Waals surface area contributed by atoms with Gasteiger partial charge in [-0.05, 0) is 25.3 Å². The molecule has 90 valence electrons. The molecule has 0 aliphatic carbocycles. The largest absolute Gasteiger partial charge is 0.333 e. The van der Waals surface area contributed by atoms with E-state index in [1.165, 1.54) is 31.4 Å². The molecule has 1 saturated heterocycles. The number of imidazole rings is 1. The van der Waals surface area contributed by atoms with Crippen molar-refractivity contribution in [1.29, 1.82) is 0 Å². The van der Waals surface area contributed by atoms with Crippen molar-refractivity contribution < 1.29 is 0 Å². The second-order valence-electron chi connectivity index (χ2n) is 4.99. The van der Waals surface area contributed by atoms with E-state index in [2.05, 4.69) is 28.7 Å². The fourth-order valence-corrected chi connectivity index (χ4v) is 2.34. The van der Waals surface area contributed by atoms with Crippen molar-refractivity contribution in [3.8, 4) is 0 Å². The molecule has 2 rings (SSSR count). The number of rotatable bonds is 4. The molecule has 1 aliphatic rings. The highest BCUT2D eigenvalue weighted by Gasteiger charge is 2.18. The monoisotopic (exact) mass is 221 g/mol. The highest BCUT2D eigenvalue weighted by molar-refractivity contribution is 5.06. The summed E-state index contributed by atoms with van der Waals surface area (Å²) in [6.45, 7) is 6.81. The predicted octanol–water partition coefficient (Wildman–Crippen LogP) is 2.74. The third kappa shape index (κ3) is 2.64. The molecule has 3 heteroatoms. The van der Waals surface area contributed by atoms with Crippen LogP contribution in [0.2, 0.25) is 0 Å². The van der Waals surface area contributed by atoms with Crippen LogP contribution in [0.15, 0.2) is 12.5 Å². The minimum atomic E-state index is 0.528. The SMILES string of the molecule is CCC(C)Cn1cncc1C1CCCCN1. The van der Waals surface area contributed by atoms with Crippen molar-refractivity contribution in [2.24, 2.45) is 5.92 Å². The summed E-state index contributed by atoms with van der Waals surface area (Å²) >= 11 is 0. The van der Waals surface area contributed by atoms with Gasteiger partial charge in [0.1, 0.15) is 0 Å². The zero-order valence-electron chi connectivity index (χ0n) is 10.4. The van der Waals surface area contributed by atoms with Crippen LogP contribution in [-0.2, 0) is 6.54 Å². The number of hydrogen-bond donors (Lipinski definition) is 1. The van der Waals surface area contributed by atoms with Crippen molar-refractivity contribution in [3.05, 3.63) is 18.2 Å². The van der Waals surface area contributed by atoms with E-state index in [0.29, 0.717) is 6.04 Å². The van der Waals surface area contributed by atoms with Gasteiger partial charge in [-0.15, -0.1) is 0 Å². The average molecular weight is 221 g/mol. The Bertz CT molecular complexity index is 313. The van der Waals surface area contributed by atoms with Gasteiger partial charge in [0.15, 0.2) is 0 Å². The Morgan fingerprint density at radius 2 is 2.44 bits per heavy atom. The Morgan fingerprint density at radius 3 is 3.12 bits per heavy atom. The summed E-state index contributed by atoms with van der Waals surface area (Å²) < 4.78 is 2.33.